The number of sulfonamides is 1. The van der Waals surface area contributed by atoms with Crippen LogP contribution in [-0.4, -0.2) is 8.42 Å². The molecule has 0 aliphatic carbocycles. The van der Waals surface area contributed by atoms with E-state index in [9.17, 15) is 8.42 Å². The molecule has 0 amide bonds. The van der Waals surface area contributed by atoms with Crippen LogP contribution in [0.3, 0.4) is 0 Å². The van der Waals surface area contributed by atoms with Gasteiger partial charge in [0.25, 0.3) is 10.0 Å². The van der Waals surface area contributed by atoms with E-state index in [1.165, 1.54) is 6.20 Å². The number of hydrogen-bond acceptors (Lipinski definition) is 2. The van der Waals surface area contributed by atoms with Gasteiger partial charge >= 0.3 is 0 Å². The van der Waals surface area contributed by atoms with Crippen LogP contribution < -0.4 is 4.72 Å². The summed E-state index contributed by atoms with van der Waals surface area (Å²) in [5.74, 6) is 0. The summed E-state index contributed by atoms with van der Waals surface area (Å²) < 4.78 is 26.1. The number of benzene rings is 2. The molecule has 0 heterocycles. The summed E-state index contributed by atoms with van der Waals surface area (Å²) in [6.07, 6.45) is 3.14. The Morgan fingerprint density at radius 1 is 0.833 bits per heavy atom. The highest BCUT2D eigenvalue weighted by Gasteiger charge is 2.09. The average molecular weight is 259 g/mol. The molecule has 2 aromatic carbocycles. The molecule has 0 aliphatic heterocycles. The van der Waals surface area contributed by atoms with Gasteiger partial charge in [-0.3, -0.25) is 4.72 Å². The lowest BCUT2D eigenvalue weighted by atomic mass is 10.2. The van der Waals surface area contributed by atoms with Crippen LogP contribution in [0.5, 0.6) is 0 Å². The van der Waals surface area contributed by atoms with E-state index < -0.39 is 10.0 Å². The van der Waals surface area contributed by atoms with Crippen molar-refractivity contribution in [1.29, 1.82) is 0 Å². The first-order valence-electron chi connectivity index (χ1n) is 5.47. The van der Waals surface area contributed by atoms with Gasteiger partial charge in [-0.2, -0.15) is 0 Å². The van der Waals surface area contributed by atoms with Crippen molar-refractivity contribution in [2.75, 3.05) is 0 Å². The molecule has 0 fully saturated rings. The first kappa shape index (κ1) is 12.4. The van der Waals surface area contributed by atoms with E-state index in [4.69, 9.17) is 0 Å². The van der Waals surface area contributed by atoms with Gasteiger partial charge in [-0.05, 0) is 23.8 Å². The zero-order valence-electron chi connectivity index (χ0n) is 9.65. The van der Waals surface area contributed by atoms with Gasteiger partial charge in [-0.1, -0.05) is 48.5 Å². The predicted molar refractivity (Wildman–Crippen MR) is 72.2 cm³/mol. The van der Waals surface area contributed by atoms with Crippen molar-refractivity contribution in [3.63, 3.8) is 0 Å². The Labute approximate surface area is 107 Å². The molecule has 0 aliphatic rings. The molecule has 18 heavy (non-hydrogen) atoms. The molecule has 0 spiro atoms. The molecule has 2 rings (SSSR count). The van der Waals surface area contributed by atoms with E-state index in [-0.39, 0.29) is 4.90 Å². The minimum Gasteiger partial charge on any atom is -0.286 e. The molecule has 0 radical (unpaired) electrons. The third-order valence-electron chi connectivity index (χ3n) is 2.35. The summed E-state index contributed by atoms with van der Waals surface area (Å²) >= 11 is 0. The van der Waals surface area contributed by atoms with E-state index in [0.29, 0.717) is 0 Å². The minimum absolute atomic E-state index is 0.253. The van der Waals surface area contributed by atoms with Crippen LogP contribution in [0.25, 0.3) is 6.08 Å². The molecule has 92 valence electrons. The largest absolute Gasteiger partial charge is 0.286 e. The molecule has 0 saturated heterocycles. The fourth-order valence-electron chi connectivity index (χ4n) is 1.45. The second kappa shape index (κ2) is 5.51. The van der Waals surface area contributed by atoms with Crippen LogP contribution in [0.2, 0.25) is 0 Å². The lowest BCUT2D eigenvalue weighted by Crippen LogP contribution is -2.17. The van der Waals surface area contributed by atoms with Crippen molar-refractivity contribution in [3.05, 3.63) is 72.4 Å². The maximum absolute atomic E-state index is 11.9. The summed E-state index contributed by atoms with van der Waals surface area (Å²) in [6, 6.07) is 17.8. The lowest BCUT2D eigenvalue weighted by molar-refractivity contribution is 0.591. The highest BCUT2D eigenvalue weighted by Crippen LogP contribution is 2.07. The maximum atomic E-state index is 11.9. The monoisotopic (exact) mass is 259 g/mol. The molecular weight excluding hydrogens is 246 g/mol. The Bertz CT molecular complexity index is 619. The summed E-state index contributed by atoms with van der Waals surface area (Å²) in [5.41, 5.74) is 0.938. The van der Waals surface area contributed by atoms with Gasteiger partial charge in [0.2, 0.25) is 0 Å². The fourth-order valence-corrected chi connectivity index (χ4v) is 2.35. The van der Waals surface area contributed by atoms with Gasteiger partial charge in [-0.25, -0.2) is 8.42 Å². The van der Waals surface area contributed by atoms with Crippen molar-refractivity contribution in [3.8, 4) is 0 Å². The summed E-state index contributed by atoms with van der Waals surface area (Å²) in [6.45, 7) is 0. The highest BCUT2D eigenvalue weighted by molar-refractivity contribution is 7.89. The Morgan fingerprint density at radius 3 is 2.00 bits per heavy atom. The number of hydrogen-bond donors (Lipinski definition) is 1. The van der Waals surface area contributed by atoms with Crippen molar-refractivity contribution in [2.45, 2.75) is 4.90 Å². The lowest BCUT2D eigenvalue weighted by Gasteiger charge is -2.02. The van der Waals surface area contributed by atoms with Gasteiger partial charge in [0, 0.05) is 6.20 Å². The predicted octanol–water partition coefficient (Wildman–Crippen LogP) is 2.64. The van der Waals surface area contributed by atoms with E-state index in [1.54, 1.807) is 36.4 Å². The van der Waals surface area contributed by atoms with Gasteiger partial charge in [-0.15, -0.1) is 0 Å². The second-order valence-corrected chi connectivity index (χ2v) is 5.39. The van der Waals surface area contributed by atoms with E-state index >= 15 is 0 Å². The molecule has 4 heteroatoms. The molecule has 3 nitrogen and oxygen atoms in total. The van der Waals surface area contributed by atoms with Crippen LogP contribution in [0.1, 0.15) is 5.56 Å². The van der Waals surface area contributed by atoms with Crippen LogP contribution in [0.15, 0.2) is 71.8 Å². The van der Waals surface area contributed by atoms with Crippen molar-refractivity contribution in [2.24, 2.45) is 0 Å². The van der Waals surface area contributed by atoms with E-state index in [2.05, 4.69) is 4.72 Å². The van der Waals surface area contributed by atoms with Gasteiger partial charge < -0.3 is 0 Å². The molecule has 0 bridgehead atoms. The molecule has 0 atom stereocenters. The standard InChI is InChI=1S/C14H13NO2S/c16-18(17,14-9-5-2-6-10-14)15-12-11-13-7-3-1-4-8-13/h1-12,15H. The zero-order chi connectivity index (χ0) is 12.8. The maximum Gasteiger partial charge on any atom is 0.261 e. The first-order chi connectivity index (χ1) is 8.68. The fraction of sp³-hybridized carbons (Fsp3) is 0. The summed E-state index contributed by atoms with van der Waals surface area (Å²) in [7, 11) is -3.47. The zero-order valence-corrected chi connectivity index (χ0v) is 10.5. The molecule has 0 unspecified atom stereocenters. The SMILES string of the molecule is O=S(=O)(NC=Cc1ccccc1)c1ccccc1. The van der Waals surface area contributed by atoms with Crippen LogP contribution >= 0.6 is 0 Å². The van der Waals surface area contributed by atoms with Gasteiger partial charge in [0.15, 0.2) is 0 Å². The van der Waals surface area contributed by atoms with Gasteiger partial charge in [0.1, 0.15) is 0 Å². The Balaban J connectivity index is 2.09. The van der Waals surface area contributed by atoms with E-state index in [1.807, 2.05) is 30.3 Å². The molecule has 0 saturated carbocycles. The Hall–Kier alpha value is -2.07. The minimum atomic E-state index is -3.47. The van der Waals surface area contributed by atoms with Crippen molar-refractivity contribution in [1.82, 2.24) is 4.72 Å². The Morgan fingerprint density at radius 2 is 1.39 bits per heavy atom. The number of nitrogens with one attached hydrogen (secondary N) is 1. The molecule has 2 aromatic rings. The summed E-state index contributed by atoms with van der Waals surface area (Å²) in [5, 5.41) is 0. The number of rotatable bonds is 4. The normalized spacial score (nSPS) is 11.6. The van der Waals surface area contributed by atoms with E-state index in [0.717, 1.165) is 5.56 Å². The molecule has 0 aromatic heterocycles. The van der Waals surface area contributed by atoms with Crippen LogP contribution in [0, 0.1) is 0 Å². The van der Waals surface area contributed by atoms with Gasteiger partial charge in [0.05, 0.1) is 4.90 Å². The summed E-state index contributed by atoms with van der Waals surface area (Å²) in [4.78, 5) is 0.253. The van der Waals surface area contributed by atoms with Crippen molar-refractivity contribution >= 4 is 16.1 Å². The topological polar surface area (TPSA) is 46.2 Å². The smallest absolute Gasteiger partial charge is 0.261 e. The third kappa shape index (κ3) is 3.21. The quantitative estimate of drug-likeness (QED) is 0.917. The highest BCUT2D eigenvalue weighted by atomic mass is 32.2. The molecule has 1 N–H and O–H groups in total. The first-order valence-corrected chi connectivity index (χ1v) is 6.96. The van der Waals surface area contributed by atoms with Crippen LogP contribution in [-0.2, 0) is 10.0 Å². The second-order valence-electron chi connectivity index (χ2n) is 3.68. The third-order valence-corrected chi connectivity index (χ3v) is 3.69. The Kier molecular flexibility index (Phi) is 3.79. The van der Waals surface area contributed by atoms with Crippen molar-refractivity contribution < 1.29 is 8.42 Å². The average Bonchev–Trinajstić information content (AvgIpc) is 2.41. The van der Waals surface area contributed by atoms with Crippen LogP contribution in [0.4, 0.5) is 0 Å². The molecular formula is C14H13NO2S.